The number of hydrogen-bond acceptors (Lipinski definition) is 0. The minimum atomic E-state index is -1.67. The van der Waals surface area contributed by atoms with E-state index in [0.29, 0.717) is 10.8 Å². The van der Waals surface area contributed by atoms with Crippen molar-refractivity contribution in [3.05, 3.63) is 42.2 Å². The summed E-state index contributed by atoms with van der Waals surface area (Å²) >= 11 is 10.8. The van der Waals surface area contributed by atoms with E-state index in [9.17, 15) is 0 Å². The summed E-state index contributed by atoms with van der Waals surface area (Å²) < 4.78 is 3.52. The SMILES string of the molecule is CC1=[C]([Ti][C]2=C(C)C=C(C(C)(C)C)C2)CC(C(C)(C)C)=C1.C[Si](C)(Cl)Cl. The van der Waals surface area contributed by atoms with Crippen molar-refractivity contribution in [2.45, 2.75) is 81.3 Å². The molecule has 0 saturated heterocycles. The largest absolute Gasteiger partial charge is 0.245 e. The zero-order valence-corrected chi connectivity index (χ0v) is 22.4. The molecule has 0 bridgehead atoms. The van der Waals surface area contributed by atoms with Crippen LogP contribution in [-0.4, -0.2) is 6.69 Å². The van der Waals surface area contributed by atoms with Gasteiger partial charge in [-0.15, -0.1) is 22.2 Å². The summed E-state index contributed by atoms with van der Waals surface area (Å²) in [7, 11) is 0. The molecule has 0 radical (unpaired) electrons. The fraction of sp³-hybridized carbons (Fsp3) is 0.636. The van der Waals surface area contributed by atoms with E-state index < -0.39 is 6.69 Å². The van der Waals surface area contributed by atoms with E-state index in [4.69, 9.17) is 22.2 Å². The van der Waals surface area contributed by atoms with Gasteiger partial charge in [0.25, 0.3) is 0 Å². The molecular formula is C22H36Cl2SiTi. The molecular weight excluding hydrogens is 411 g/mol. The second kappa shape index (κ2) is 8.87. The van der Waals surface area contributed by atoms with E-state index in [1.807, 2.05) is 13.1 Å². The van der Waals surface area contributed by atoms with E-state index in [2.05, 4.69) is 67.5 Å². The molecule has 146 valence electrons. The van der Waals surface area contributed by atoms with Crippen LogP contribution in [0.4, 0.5) is 0 Å². The van der Waals surface area contributed by atoms with Gasteiger partial charge in [0.2, 0.25) is 6.69 Å². The van der Waals surface area contributed by atoms with Gasteiger partial charge in [-0.2, -0.15) is 0 Å². The van der Waals surface area contributed by atoms with Gasteiger partial charge in [-0.3, -0.25) is 0 Å². The molecule has 0 aromatic heterocycles. The summed E-state index contributed by atoms with van der Waals surface area (Å²) in [4.78, 5) is 0. The Balaban J connectivity index is 0.000000597. The average Bonchev–Trinajstić information content (AvgIpc) is 2.92. The van der Waals surface area contributed by atoms with Gasteiger partial charge in [-0.1, -0.05) is 0 Å². The van der Waals surface area contributed by atoms with Crippen LogP contribution in [0.5, 0.6) is 0 Å². The molecule has 0 nitrogen and oxygen atoms in total. The predicted octanol–water partition coefficient (Wildman–Crippen LogP) is 8.54. The van der Waals surface area contributed by atoms with Gasteiger partial charge in [0, 0.05) is 0 Å². The summed E-state index contributed by atoms with van der Waals surface area (Å²) in [6.07, 6.45) is 7.39. The third kappa shape index (κ3) is 8.23. The maximum atomic E-state index is 5.43. The van der Waals surface area contributed by atoms with Crippen molar-refractivity contribution in [3.8, 4) is 0 Å². The van der Waals surface area contributed by atoms with Crippen molar-refractivity contribution in [2.24, 2.45) is 10.8 Å². The van der Waals surface area contributed by atoms with Gasteiger partial charge < -0.3 is 0 Å². The third-order valence-electron chi connectivity index (χ3n) is 4.70. The Morgan fingerprint density at radius 2 is 1.04 bits per heavy atom. The Bertz CT molecular complexity index is 602. The summed E-state index contributed by atoms with van der Waals surface area (Å²) in [6, 6.07) is 0. The second-order valence-corrected chi connectivity index (χ2v) is 21.1. The Morgan fingerprint density at radius 1 is 0.769 bits per heavy atom. The van der Waals surface area contributed by atoms with Crippen LogP contribution in [0.15, 0.2) is 42.2 Å². The van der Waals surface area contributed by atoms with Gasteiger partial charge in [0.15, 0.2) is 0 Å². The topological polar surface area (TPSA) is 0 Å². The van der Waals surface area contributed by atoms with Crippen molar-refractivity contribution in [2.75, 3.05) is 0 Å². The minimum absolute atomic E-state index is 0.113. The van der Waals surface area contributed by atoms with Gasteiger partial charge >= 0.3 is 140 Å². The number of halogens is 2. The predicted molar refractivity (Wildman–Crippen MR) is 119 cm³/mol. The molecule has 0 N–H and O–H groups in total. The van der Waals surface area contributed by atoms with E-state index in [1.165, 1.54) is 12.8 Å². The first kappa shape index (κ1) is 24.5. The first-order chi connectivity index (χ1) is 11.5. The van der Waals surface area contributed by atoms with Crippen molar-refractivity contribution in [1.82, 2.24) is 0 Å². The Morgan fingerprint density at radius 3 is 1.23 bits per heavy atom. The van der Waals surface area contributed by atoms with Crippen LogP contribution in [0.25, 0.3) is 0 Å². The van der Waals surface area contributed by atoms with Crippen LogP contribution >= 0.6 is 22.2 Å². The van der Waals surface area contributed by atoms with Crippen LogP contribution in [0.3, 0.4) is 0 Å². The van der Waals surface area contributed by atoms with E-state index in [1.54, 1.807) is 30.0 Å². The molecule has 2 aliphatic carbocycles. The quantitative estimate of drug-likeness (QED) is 0.294. The summed E-state index contributed by atoms with van der Waals surface area (Å²) in [5, 5.41) is 0. The number of rotatable bonds is 2. The Hall–Kier alpha value is 0.471. The molecule has 0 saturated carbocycles. The first-order valence-electron chi connectivity index (χ1n) is 9.45. The molecule has 0 aromatic carbocycles. The fourth-order valence-electron chi connectivity index (χ4n) is 2.89. The van der Waals surface area contributed by atoms with Gasteiger partial charge in [0.05, 0.1) is 0 Å². The fourth-order valence-corrected chi connectivity index (χ4v) is 5.17. The van der Waals surface area contributed by atoms with Crippen LogP contribution < -0.4 is 0 Å². The maximum absolute atomic E-state index is 5.43. The van der Waals surface area contributed by atoms with Crippen molar-refractivity contribution < 1.29 is 19.2 Å². The molecule has 2 rings (SSSR count). The zero-order valence-electron chi connectivity index (χ0n) is 18.3. The maximum Gasteiger partial charge on any atom is 0.245 e. The smallest absolute Gasteiger partial charge is 0.146 e. The molecule has 0 spiro atoms. The zero-order chi connectivity index (χ0) is 20.5. The second-order valence-electron chi connectivity index (χ2n) is 9.97. The van der Waals surface area contributed by atoms with Crippen LogP contribution in [0.2, 0.25) is 13.1 Å². The van der Waals surface area contributed by atoms with Crippen molar-refractivity contribution >= 4 is 28.9 Å². The molecule has 26 heavy (non-hydrogen) atoms. The van der Waals surface area contributed by atoms with Crippen LogP contribution in [0, 0.1) is 10.8 Å². The summed E-state index contributed by atoms with van der Waals surface area (Å²) in [6.45, 7) is 20.7. The molecule has 4 heteroatoms. The third-order valence-corrected chi connectivity index (χ3v) is 7.42. The summed E-state index contributed by atoms with van der Waals surface area (Å²) in [5.74, 6) is 0. The number of hydrogen-bond donors (Lipinski definition) is 0. The minimum Gasteiger partial charge on any atom is -0.146 e. The molecule has 0 atom stereocenters. The van der Waals surface area contributed by atoms with Crippen molar-refractivity contribution in [1.29, 1.82) is 0 Å². The molecule has 0 fully saturated rings. The molecule has 0 unspecified atom stereocenters. The molecule has 0 aromatic rings. The van der Waals surface area contributed by atoms with Gasteiger partial charge in [-0.25, -0.2) is 0 Å². The Kier molecular flexibility index (Phi) is 8.36. The first-order valence-corrected chi connectivity index (χ1v) is 16.0. The number of allylic oxidation sites excluding steroid dienone is 8. The van der Waals surface area contributed by atoms with Crippen LogP contribution in [-0.2, 0) is 19.2 Å². The van der Waals surface area contributed by atoms with E-state index >= 15 is 0 Å². The van der Waals surface area contributed by atoms with Crippen LogP contribution in [0.1, 0.15) is 68.2 Å². The molecule has 2 aliphatic rings. The molecule has 0 aliphatic heterocycles. The molecule has 0 amide bonds. The normalized spacial score (nSPS) is 18.6. The Labute approximate surface area is 181 Å². The summed E-state index contributed by atoms with van der Waals surface area (Å²) in [5.41, 5.74) is 7.01. The van der Waals surface area contributed by atoms with Gasteiger partial charge in [0.1, 0.15) is 0 Å². The molecule has 0 heterocycles. The standard InChI is InChI=1S/2C10H15.C2H6Cl2Si.Ti/c2*1-8-5-6-9(7-8)10(2,3)4;1-5(2,3)4;/h2*7H,6H2,1-4H3;1-2H3;. The van der Waals surface area contributed by atoms with E-state index in [-0.39, 0.29) is 19.2 Å². The average molecular weight is 447 g/mol. The van der Waals surface area contributed by atoms with E-state index in [0.717, 1.165) is 0 Å². The monoisotopic (exact) mass is 446 g/mol. The van der Waals surface area contributed by atoms with Gasteiger partial charge in [-0.05, 0) is 13.1 Å². The van der Waals surface area contributed by atoms with Crippen molar-refractivity contribution in [3.63, 3.8) is 0 Å².